The lowest BCUT2D eigenvalue weighted by Gasteiger charge is -2.37. The van der Waals surface area contributed by atoms with Crippen LogP contribution in [0.2, 0.25) is 0 Å². The van der Waals surface area contributed by atoms with Gasteiger partial charge in [-0.2, -0.15) is 5.10 Å². The van der Waals surface area contributed by atoms with Crippen molar-refractivity contribution in [1.29, 1.82) is 0 Å². The Hall–Kier alpha value is -3.54. The summed E-state index contributed by atoms with van der Waals surface area (Å²) in [6.07, 6.45) is 1.97. The van der Waals surface area contributed by atoms with Crippen LogP contribution < -0.4 is 9.62 Å². The molecule has 0 bridgehead atoms. The van der Waals surface area contributed by atoms with Crippen LogP contribution in [-0.4, -0.2) is 41.4 Å². The van der Waals surface area contributed by atoms with Crippen molar-refractivity contribution in [1.82, 2.24) is 14.7 Å². The van der Waals surface area contributed by atoms with Crippen molar-refractivity contribution in [2.75, 3.05) is 21.9 Å². The van der Waals surface area contributed by atoms with Gasteiger partial charge in [0.05, 0.1) is 42.5 Å². The maximum absolute atomic E-state index is 13.7. The van der Waals surface area contributed by atoms with E-state index in [-0.39, 0.29) is 24.5 Å². The number of carbonyl (C=O) groups excluding carboxylic acids is 1. The number of urea groups is 1. The van der Waals surface area contributed by atoms with Gasteiger partial charge >= 0.3 is 6.03 Å². The smallest absolute Gasteiger partial charge is 0.310 e. The molecule has 5 rings (SSSR count). The largest absolute Gasteiger partial charge is 0.322 e. The van der Waals surface area contributed by atoms with Gasteiger partial charge in [-0.1, -0.05) is 30.3 Å². The molecule has 2 aliphatic rings. The fourth-order valence-corrected chi connectivity index (χ4v) is 5.94. The summed E-state index contributed by atoms with van der Waals surface area (Å²) in [5.74, 6) is -4.43. The summed E-state index contributed by atoms with van der Waals surface area (Å²) < 4.78 is 68.6. The highest BCUT2D eigenvalue weighted by Gasteiger charge is 2.37. The summed E-state index contributed by atoms with van der Waals surface area (Å²) in [6, 6.07) is 9.36. The quantitative estimate of drug-likeness (QED) is 0.567. The van der Waals surface area contributed by atoms with Gasteiger partial charge in [-0.3, -0.25) is 8.99 Å². The number of hydrogen-bond acceptors (Lipinski definition) is 4. The van der Waals surface area contributed by atoms with Crippen LogP contribution in [-0.2, 0) is 23.1 Å². The maximum Gasteiger partial charge on any atom is 0.322 e. The monoisotopic (exact) mass is 491 g/mol. The van der Waals surface area contributed by atoms with E-state index in [2.05, 4.69) is 10.4 Å². The molecule has 1 fully saturated rings. The fourth-order valence-electron chi connectivity index (χ4n) is 4.37. The Morgan fingerprint density at radius 2 is 1.79 bits per heavy atom. The minimum atomic E-state index is -3.47. The van der Waals surface area contributed by atoms with E-state index >= 15 is 0 Å². The van der Waals surface area contributed by atoms with Crippen molar-refractivity contribution in [2.24, 2.45) is 0 Å². The zero-order chi connectivity index (χ0) is 24.0. The molecule has 3 aromatic rings. The third-order valence-corrected chi connectivity index (χ3v) is 7.87. The highest BCUT2D eigenvalue weighted by molar-refractivity contribution is 7.93. The van der Waals surface area contributed by atoms with Crippen LogP contribution in [0.3, 0.4) is 0 Å². The van der Waals surface area contributed by atoms with Crippen molar-refractivity contribution < 1.29 is 26.4 Å². The Morgan fingerprint density at radius 3 is 2.44 bits per heavy atom. The molecule has 178 valence electrons. The van der Waals surface area contributed by atoms with Gasteiger partial charge in [0.2, 0.25) is 10.0 Å². The molecular formula is C22H20F3N5O3S. The van der Waals surface area contributed by atoms with E-state index in [0.29, 0.717) is 36.5 Å². The van der Waals surface area contributed by atoms with Gasteiger partial charge in [-0.25, -0.2) is 26.4 Å². The molecule has 2 amide bonds. The molecule has 8 nitrogen and oxygen atoms in total. The predicted octanol–water partition coefficient (Wildman–Crippen LogP) is 3.63. The minimum Gasteiger partial charge on any atom is -0.310 e. The summed E-state index contributed by atoms with van der Waals surface area (Å²) in [6.45, 7) is 0.565. The van der Waals surface area contributed by atoms with Gasteiger partial charge in [-0.15, -0.1) is 0 Å². The second-order valence-corrected chi connectivity index (χ2v) is 10.2. The minimum absolute atomic E-state index is 0.00108. The number of nitrogens with zero attached hydrogens (tertiary/aromatic N) is 4. The molecule has 2 aromatic carbocycles. The summed E-state index contributed by atoms with van der Waals surface area (Å²) in [7, 11) is -3.47. The number of halogens is 3. The Kier molecular flexibility index (Phi) is 5.47. The molecule has 1 aromatic heterocycles. The van der Waals surface area contributed by atoms with Crippen LogP contribution in [0.5, 0.6) is 0 Å². The lowest BCUT2D eigenvalue weighted by molar-refractivity contribution is 0.154. The SMILES string of the molecule is O=C(Nc1cc(F)c(F)c(F)c1)N1Cc2c(N3CCCS3(=O)=O)cnn2C[C@@H]1c1ccccc1. The van der Waals surface area contributed by atoms with Crippen LogP contribution >= 0.6 is 0 Å². The van der Waals surface area contributed by atoms with Gasteiger partial charge in [-0.05, 0) is 12.0 Å². The molecule has 0 spiro atoms. The molecule has 0 saturated carbocycles. The third kappa shape index (κ3) is 3.87. The molecule has 0 radical (unpaired) electrons. The van der Waals surface area contributed by atoms with E-state index in [1.54, 1.807) is 4.68 Å². The zero-order valence-corrected chi connectivity index (χ0v) is 18.6. The van der Waals surface area contributed by atoms with Gasteiger partial charge in [0.15, 0.2) is 17.5 Å². The summed E-state index contributed by atoms with van der Waals surface area (Å²) in [5, 5.41) is 6.79. The molecule has 0 aliphatic carbocycles. The first kappa shape index (κ1) is 22.3. The van der Waals surface area contributed by atoms with Gasteiger partial charge in [0.1, 0.15) is 0 Å². The highest BCUT2D eigenvalue weighted by atomic mass is 32.2. The number of anilines is 2. The maximum atomic E-state index is 13.7. The summed E-state index contributed by atoms with van der Waals surface area (Å²) in [5.41, 5.74) is 1.49. The first-order valence-electron chi connectivity index (χ1n) is 10.6. The highest BCUT2D eigenvalue weighted by Crippen LogP contribution is 2.36. The Balaban J connectivity index is 1.51. The van der Waals surface area contributed by atoms with E-state index in [1.807, 2.05) is 30.3 Å². The number of sulfonamides is 1. The van der Waals surface area contributed by atoms with Gasteiger partial charge in [0.25, 0.3) is 0 Å². The second-order valence-electron chi connectivity index (χ2n) is 8.14. The standard InChI is InChI=1S/C22H20F3N5O3S/c23-16-9-15(10-17(24)21(16)25)27-22(31)28-12-20-18(30-7-4-8-34(30,32)33)11-26-29(20)13-19(28)14-5-2-1-3-6-14/h1-3,5-6,9-11,19H,4,7-8,12-13H2,(H,27,31)/t19-/m1/s1. The molecule has 2 aliphatic heterocycles. The number of benzene rings is 2. The van der Waals surface area contributed by atoms with Crippen molar-refractivity contribution in [3.63, 3.8) is 0 Å². The fraction of sp³-hybridized carbons (Fsp3) is 0.273. The van der Waals surface area contributed by atoms with E-state index in [9.17, 15) is 26.4 Å². The first-order valence-corrected chi connectivity index (χ1v) is 12.2. The number of fused-ring (bicyclic) bond motifs is 1. The first-order chi connectivity index (χ1) is 16.2. The Morgan fingerprint density at radius 1 is 1.09 bits per heavy atom. The Bertz CT molecular complexity index is 1340. The number of carbonyl (C=O) groups is 1. The topological polar surface area (TPSA) is 87.5 Å². The molecule has 12 heteroatoms. The van der Waals surface area contributed by atoms with Crippen molar-refractivity contribution in [3.05, 3.63) is 77.4 Å². The van der Waals surface area contributed by atoms with E-state index in [0.717, 1.165) is 5.56 Å². The van der Waals surface area contributed by atoms with Crippen LogP contribution in [0, 0.1) is 17.5 Å². The molecule has 3 heterocycles. The summed E-state index contributed by atoms with van der Waals surface area (Å²) >= 11 is 0. The van der Waals surface area contributed by atoms with Crippen molar-refractivity contribution in [2.45, 2.75) is 25.6 Å². The lowest BCUT2D eigenvalue weighted by atomic mass is 10.0. The number of rotatable bonds is 3. The number of aromatic nitrogens is 2. The summed E-state index contributed by atoms with van der Waals surface area (Å²) in [4.78, 5) is 14.7. The number of amides is 2. The van der Waals surface area contributed by atoms with Crippen LogP contribution in [0.25, 0.3) is 0 Å². The predicted molar refractivity (Wildman–Crippen MR) is 118 cm³/mol. The normalized spacial score (nSPS) is 19.2. The van der Waals surface area contributed by atoms with E-state index in [4.69, 9.17) is 0 Å². The molecule has 1 N–H and O–H groups in total. The average Bonchev–Trinajstić information content (AvgIpc) is 3.38. The van der Waals surface area contributed by atoms with Crippen LogP contribution in [0.15, 0.2) is 48.7 Å². The van der Waals surface area contributed by atoms with Gasteiger partial charge in [0, 0.05) is 24.4 Å². The van der Waals surface area contributed by atoms with E-state index in [1.165, 1.54) is 15.4 Å². The molecular weight excluding hydrogens is 471 g/mol. The lowest BCUT2D eigenvalue weighted by Crippen LogP contribution is -2.44. The third-order valence-electron chi connectivity index (χ3n) is 6.02. The molecule has 1 saturated heterocycles. The molecule has 0 unspecified atom stereocenters. The Labute approximate surface area is 193 Å². The van der Waals surface area contributed by atoms with Crippen molar-refractivity contribution >= 4 is 27.4 Å². The van der Waals surface area contributed by atoms with E-state index < -0.39 is 39.5 Å². The van der Waals surface area contributed by atoms with Crippen molar-refractivity contribution in [3.8, 4) is 0 Å². The second kappa shape index (κ2) is 8.35. The average molecular weight is 491 g/mol. The molecule has 1 atom stereocenters. The zero-order valence-electron chi connectivity index (χ0n) is 17.8. The molecule has 34 heavy (non-hydrogen) atoms. The number of nitrogens with one attached hydrogen (secondary N) is 1. The van der Waals surface area contributed by atoms with Gasteiger partial charge < -0.3 is 10.2 Å². The van der Waals surface area contributed by atoms with Crippen LogP contribution in [0.4, 0.5) is 29.3 Å². The number of hydrogen-bond donors (Lipinski definition) is 1. The van der Waals surface area contributed by atoms with Crippen LogP contribution in [0.1, 0.15) is 23.7 Å².